The SMILES string of the molecule is CCOC(=O)CC/C(=N/S(=O)C(C)(C)C)c1ccc(Cl)cc1. The van der Waals surface area contributed by atoms with Gasteiger partial charge in [-0.15, -0.1) is 0 Å². The molecule has 0 N–H and O–H groups in total. The first-order chi connectivity index (χ1) is 10.2. The Hall–Kier alpha value is -1.20. The van der Waals surface area contributed by atoms with Crippen molar-refractivity contribution in [2.24, 2.45) is 4.40 Å². The Labute approximate surface area is 139 Å². The van der Waals surface area contributed by atoms with Gasteiger partial charge >= 0.3 is 5.97 Å². The Morgan fingerprint density at radius 2 is 1.82 bits per heavy atom. The minimum atomic E-state index is -1.39. The smallest absolute Gasteiger partial charge is 0.306 e. The molecule has 4 nitrogen and oxygen atoms in total. The molecule has 1 atom stereocenters. The first-order valence-electron chi connectivity index (χ1n) is 7.15. The number of hydrogen-bond donors (Lipinski definition) is 0. The molecule has 122 valence electrons. The molecular weight excluding hydrogens is 322 g/mol. The van der Waals surface area contributed by atoms with Crippen LogP contribution in [0, 0.1) is 0 Å². The van der Waals surface area contributed by atoms with Gasteiger partial charge in [0.15, 0.2) is 0 Å². The number of carbonyl (C=O) groups is 1. The highest BCUT2D eigenvalue weighted by Gasteiger charge is 2.20. The van der Waals surface area contributed by atoms with Crippen molar-refractivity contribution in [3.8, 4) is 0 Å². The zero-order valence-electron chi connectivity index (χ0n) is 13.4. The number of hydrogen-bond acceptors (Lipinski definition) is 3. The van der Waals surface area contributed by atoms with Crippen LogP contribution < -0.4 is 0 Å². The molecule has 0 fully saturated rings. The topological polar surface area (TPSA) is 55.7 Å². The molecule has 0 aromatic heterocycles. The number of ether oxygens (including phenoxy) is 1. The van der Waals surface area contributed by atoms with E-state index in [1.54, 1.807) is 19.1 Å². The van der Waals surface area contributed by atoms with Crippen LogP contribution >= 0.6 is 11.6 Å². The summed E-state index contributed by atoms with van der Waals surface area (Å²) in [6.45, 7) is 7.69. The van der Waals surface area contributed by atoms with Crippen LogP contribution in [-0.2, 0) is 20.5 Å². The van der Waals surface area contributed by atoms with Crippen LogP contribution in [-0.4, -0.2) is 27.2 Å². The molecule has 1 aromatic carbocycles. The Bertz CT molecular complexity index is 562. The van der Waals surface area contributed by atoms with Gasteiger partial charge in [0.25, 0.3) is 0 Å². The van der Waals surface area contributed by atoms with Crippen molar-refractivity contribution in [1.29, 1.82) is 0 Å². The van der Waals surface area contributed by atoms with E-state index in [2.05, 4.69) is 4.40 Å². The molecule has 6 heteroatoms. The van der Waals surface area contributed by atoms with Gasteiger partial charge < -0.3 is 4.74 Å². The van der Waals surface area contributed by atoms with Gasteiger partial charge in [0.1, 0.15) is 11.0 Å². The van der Waals surface area contributed by atoms with Crippen LogP contribution in [0.1, 0.15) is 46.1 Å². The van der Waals surface area contributed by atoms with Crippen molar-refractivity contribution < 1.29 is 13.7 Å². The van der Waals surface area contributed by atoms with Crippen molar-refractivity contribution >= 4 is 34.3 Å². The lowest BCUT2D eigenvalue weighted by Gasteiger charge is -2.15. The van der Waals surface area contributed by atoms with Gasteiger partial charge in [-0.25, -0.2) is 4.21 Å². The van der Waals surface area contributed by atoms with E-state index in [-0.39, 0.29) is 12.4 Å². The number of benzene rings is 1. The third-order valence-electron chi connectivity index (χ3n) is 2.77. The fraction of sp³-hybridized carbons (Fsp3) is 0.500. The van der Waals surface area contributed by atoms with Crippen LogP contribution in [0.3, 0.4) is 0 Å². The average molecular weight is 344 g/mol. The van der Waals surface area contributed by atoms with Crippen molar-refractivity contribution in [3.63, 3.8) is 0 Å². The first-order valence-corrected chi connectivity index (χ1v) is 8.63. The van der Waals surface area contributed by atoms with Gasteiger partial charge in [0.05, 0.1) is 23.5 Å². The average Bonchev–Trinajstić information content (AvgIpc) is 2.43. The molecule has 1 aromatic rings. The van der Waals surface area contributed by atoms with Gasteiger partial charge in [-0.05, 0) is 45.4 Å². The molecule has 0 aliphatic rings. The molecule has 0 aliphatic heterocycles. The second-order valence-electron chi connectivity index (χ2n) is 5.71. The summed E-state index contributed by atoms with van der Waals surface area (Å²) in [7, 11) is -1.39. The summed E-state index contributed by atoms with van der Waals surface area (Å²) in [5, 5.41) is 0.616. The van der Waals surface area contributed by atoms with Gasteiger partial charge in [-0.3, -0.25) is 4.79 Å². The van der Waals surface area contributed by atoms with Crippen molar-refractivity contribution in [3.05, 3.63) is 34.9 Å². The highest BCUT2D eigenvalue weighted by atomic mass is 35.5. The van der Waals surface area contributed by atoms with E-state index >= 15 is 0 Å². The first kappa shape index (κ1) is 18.8. The number of halogens is 1. The second-order valence-corrected chi connectivity index (χ2v) is 8.05. The highest BCUT2D eigenvalue weighted by Crippen LogP contribution is 2.17. The Morgan fingerprint density at radius 3 is 2.32 bits per heavy atom. The Morgan fingerprint density at radius 1 is 1.23 bits per heavy atom. The normalized spacial score (nSPS) is 13.8. The monoisotopic (exact) mass is 343 g/mol. The van der Waals surface area contributed by atoms with Gasteiger partial charge in [0, 0.05) is 11.4 Å². The van der Waals surface area contributed by atoms with Crippen molar-refractivity contribution in [1.82, 2.24) is 0 Å². The summed E-state index contributed by atoms with van der Waals surface area (Å²) in [5.74, 6) is -0.286. The van der Waals surface area contributed by atoms with E-state index in [0.717, 1.165) is 5.56 Å². The molecular formula is C16H22ClNO3S. The summed E-state index contributed by atoms with van der Waals surface area (Å²) in [4.78, 5) is 11.5. The quantitative estimate of drug-likeness (QED) is 0.580. The molecule has 0 aliphatic carbocycles. The molecule has 1 unspecified atom stereocenters. The molecule has 0 saturated carbocycles. The fourth-order valence-corrected chi connectivity index (χ4v) is 2.37. The molecule has 0 spiro atoms. The number of nitrogens with zero attached hydrogens (tertiary/aromatic N) is 1. The molecule has 0 saturated heterocycles. The molecule has 0 radical (unpaired) electrons. The molecule has 0 bridgehead atoms. The van der Waals surface area contributed by atoms with E-state index in [4.69, 9.17) is 16.3 Å². The minimum Gasteiger partial charge on any atom is -0.466 e. The maximum atomic E-state index is 12.3. The van der Waals surface area contributed by atoms with E-state index in [1.807, 2.05) is 32.9 Å². The third kappa shape index (κ3) is 6.28. The van der Waals surface area contributed by atoms with Crippen LogP contribution in [0.25, 0.3) is 0 Å². The Balaban J connectivity index is 3.00. The molecule has 22 heavy (non-hydrogen) atoms. The predicted octanol–water partition coefficient (Wildman–Crippen LogP) is 3.93. The van der Waals surface area contributed by atoms with E-state index in [9.17, 15) is 9.00 Å². The second kappa shape index (κ2) is 8.44. The standard InChI is InChI=1S/C16H22ClNO3S/c1-5-21-15(19)11-10-14(18-22(20)16(2,3)4)12-6-8-13(17)9-7-12/h6-9H,5,10-11H2,1-4H3/b18-14-. The predicted molar refractivity (Wildman–Crippen MR) is 91.8 cm³/mol. The highest BCUT2D eigenvalue weighted by molar-refractivity contribution is 7.85. The number of esters is 1. The molecule has 0 heterocycles. The summed E-state index contributed by atoms with van der Waals surface area (Å²) in [5.41, 5.74) is 1.43. The molecule has 1 rings (SSSR count). The fourth-order valence-electron chi connectivity index (χ4n) is 1.58. The molecule has 0 amide bonds. The lowest BCUT2D eigenvalue weighted by Crippen LogP contribution is -2.21. The van der Waals surface area contributed by atoms with E-state index in [0.29, 0.717) is 23.8 Å². The van der Waals surface area contributed by atoms with Gasteiger partial charge in [0.2, 0.25) is 0 Å². The van der Waals surface area contributed by atoms with Gasteiger partial charge in [-0.2, -0.15) is 4.40 Å². The van der Waals surface area contributed by atoms with Crippen LogP contribution in [0.15, 0.2) is 28.7 Å². The summed E-state index contributed by atoms with van der Waals surface area (Å²) in [6, 6.07) is 7.12. The summed E-state index contributed by atoms with van der Waals surface area (Å²) < 4.78 is 21.1. The third-order valence-corrected chi connectivity index (χ3v) is 4.45. The lowest BCUT2D eigenvalue weighted by atomic mass is 10.1. The maximum absolute atomic E-state index is 12.3. The summed E-state index contributed by atoms with van der Waals surface area (Å²) in [6.07, 6.45) is 0.582. The largest absolute Gasteiger partial charge is 0.466 e. The zero-order valence-corrected chi connectivity index (χ0v) is 15.0. The summed E-state index contributed by atoms with van der Waals surface area (Å²) >= 11 is 5.89. The maximum Gasteiger partial charge on any atom is 0.306 e. The van der Waals surface area contributed by atoms with E-state index < -0.39 is 15.7 Å². The number of carbonyl (C=O) groups excluding carboxylic acids is 1. The van der Waals surface area contributed by atoms with Crippen molar-refractivity contribution in [2.75, 3.05) is 6.61 Å². The van der Waals surface area contributed by atoms with Crippen LogP contribution in [0.2, 0.25) is 5.02 Å². The van der Waals surface area contributed by atoms with Crippen LogP contribution in [0.4, 0.5) is 0 Å². The van der Waals surface area contributed by atoms with Gasteiger partial charge in [-0.1, -0.05) is 23.7 Å². The van der Waals surface area contributed by atoms with Crippen molar-refractivity contribution in [2.45, 2.75) is 45.3 Å². The number of rotatable bonds is 6. The van der Waals surface area contributed by atoms with E-state index in [1.165, 1.54) is 0 Å². The van der Waals surface area contributed by atoms with Crippen LogP contribution in [0.5, 0.6) is 0 Å². The minimum absolute atomic E-state index is 0.205. The Kier molecular flexibility index (Phi) is 7.23. The lowest BCUT2D eigenvalue weighted by molar-refractivity contribution is -0.142. The zero-order chi connectivity index (χ0) is 16.8.